The van der Waals surface area contributed by atoms with Gasteiger partial charge in [-0.1, -0.05) is 18.2 Å². The molecule has 0 radical (unpaired) electrons. The molecule has 2 aromatic heterocycles. The van der Waals surface area contributed by atoms with Gasteiger partial charge in [-0.3, -0.25) is 4.79 Å². The predicted molar refractivity (Wildman–Crippen MR) is 85.3 cm³/mol. The minimum Gasteiger partial charge on any atom is -0.455 e. The standard InChI is InChI=1S/C16H9BrN2O2/c17-12-3-1-2-11-10-5-4-9(8-14(10)21-16(11)12)13-6-7-15(20)19-18-13/h1-8H,(H,19,20). The fourth-order valence-corrected chi connectivity index (χ4v) is 2.88. The van der Waals surface area contributed by atoms with Crippen LogP contribution < -0.4 is 5.56 Å². The Balaban J connectivity index is 1.98. The quantitative estimate of drug-likeness (QED) is 0.567. The maximum absolute atomic E-state index is 11.1. The van der Waals surface area contributed by atoms with Crippen molar-refractivity contribution in [3.05, 3.63) is 63.4 Å². The van der Waals surface area contributed by atoms with Gasteiger partial charge in [-0.15, -0.1) is 0 Å². The van der Waals surface area contributed by atoms with Gasteiger partial charge in [-0.2, -0.15) is 5.10 Å². The highest BCUT2D eigenvalue weighted by Crippen LogP contribution is 2.34. The van der Waals surface area contributed by atoms with Crippen molar-refractivity contribution in [2.45, 2.75) is 0 Å². The molecule has 0 aliphatic rings. The number of nitrogens with zero attached hydrogens (tertiary/aromatic N) is 1. The Morgan fingerprint density at radius 3 is 2.76 bits per heavy atom. The molecule has 0 aliphatic heterocycles. The lowest BCUT2D eigenvalue weighted by molar-refractivity contribution is 0.667. The van der Waals surface area contributed by atoms with Crippen LogP contribution in [0.5, 0.6) is 0 Å². The zero-order valence-corrected chi connectivity index (χ0v) is 12.3. The van der Waals surface area contributed by atoms with Gasteiger partial charge in [0, 0.05) is 22.4 Å². The van der Waals surface area contributed by atoms with E-state index in [-0.39, 0.29) is 5.56 Å². The summed E-state index contributed by atoms with van der Waals surface area (Å²) in [6.07, 6.45) is 0. The summed E-state index contributed by atoms with van der Waals surface area (Å²) in [5.41, 5.74) is 3.01. The van der Waals surface area contributed by atoms with Crippen LogP contribution in [0.25, 0.3) is 33.2 Å². The molecule has 0 amide bonds. The lowest BCUT2D eigenvalue weighted by Crippen LogP contribution is -2.05. The molecule has 0 unspecified atom stereocenters. The average molecular weight is 341 g/mol. The number of aromatic amines is 1. The Morgan fingerprint density at radius 2 is 1.95 bits per heavy atom. The number of halogens is 1. The monoisotopic (exact) mass is 340 g/mol. The van der Waals surface area contributed by atoms with Crippen LogP contribution in [0.15, 0.2) is 62.2 Å². The van der Waals surface area contributed by atoms with Crippen molar-refractivity contribution in [2.24, 2.45) is 0 Å². The third-order valence-electron chi connectivity index (χ3n) is 3.43. The molecule has 5 heteroatoms. The molecular weight excluding hydrogens is 332 g/mol. The van der Waals surface area contributed by atoms with Gasteiger partial charge in [0.25, 0.3) is 5.56 Å². The van der Waals surface area contributed by atoms with Crippen molar-refractivity contribution < 1.29 is 4.42 Å². The Bertz CT molecular complexity index is 1010. The normalized spacial score (nSPS) is 11.3. The third-order valence-corrected chi connectivity index (χ3v) is 4.05. The molecule has 0 saturated heterocycles. The Labute approximate surface area is 127 Å². The number of rotatable bonds is 1. The van der Waals surface area contributed by atoms with E-state index in [1.165, 1.54) is 6.07 Å². The molecule has 21 heavy (non-hydrogen) atoms. The maximum Gasteiger partial charge on any atom is 0.264 e. The van der Waals surface area contributed by atoms with E-state index in [9.17, 15) is 4.79 Å². The summed E-state index contributed by atoms with van der Waals surface area (Å²) < 4.78 is 6.85. The van der Waals surface area contributed by atoms with Gasteiger partial charge in [0.2, 0.25) is 0 Å². The lowest BCUT2D eigenvalue weighted by Gasteiger charge is -1.99. The summed E-state index contributed by atoms with van der Waals surface area (Å²) >= 11 is 3.50. The summed E-state index contributed by atoms with van der Waals surface area (Å²) in [7, 11) is 0. The van der Waals surface area contributed by atoms with Gasteiger partial charge in [-0.05, 0) is 40.2 Å². The van der Waals surface area contributed by atoms with Crippen molar-refractivity contribution in [3.63, 3.8) is 0 Å². The first-order valence-corrected chi connectivity index (χ1v) is 7.18. The molecule has 0 saturated carbocycles. The summed E-state index contributed by atoms with van der Waals surface area (Å²) in [5.74, 6) is 0. The fourth-order valence-electron chi connectivity index (χ4n) is 2.43. The lowest BCUT2D eigenvalue weighted by atomic mass is 10.1. The number of nitrogens with one attached hydrogen (secondary N) is 1. The molecule has 102 valence electrons. The molecule has 4 nitrogen and oxygen atoms in total. The summed E-state index contributed by atoms with van der Waals surface area (Å²) in [5, 5.41) is 8.60. The van der Waals surface area contributed by atoms with E-state index >= 15 is 0 Å². The molecule has 0 fully saturated rings. The highest BCUT2D eigenvalue weighted by molar-refractivity contribution is 9.10. The first-order chi connectivity index (χ1) is 10.2. The molecule has 0 bridgehead atoms. The van der Waals surface area contributed by atoms with E-state index in [0.29, 0.717) is 5.69 Å². The minimum atomic E-state index is -0.215. The summed E-state index contributed by atoms with van der Waals surface area (Å²) in [6, 6.07) is 15.0. The molecule has 2 aromatic carbocycles. The number of hydrogen-bond acceptors (Lipinski definition) is 3. The predicted octanol–water partition coefficient (Wildman–Crippen LogP) is 4.10. The van der Waals surface area contributed by atoms with Crippen LogP contribution in [-0.2, 0) is 0 Å². The Kier molecular flexibility index (Phi) is 2.68. The van der Waals surface area contributed by atoms with Crippen LogP contribution in [0.1, 0.15) is 0 Å². The number of aromatic nitrogens is 2. The molecule has 4 aromatic rings. The third kappa shape index (κ3) is 1.97. The van der Waals surface area contributed by atoms with Crippen LogP contribution in [0.2, 0.25) is 0 Å². The second-order valence-corrected chi connectivity index (χ2v) is 5.59. The van der Waals surface area contributed by atoms with Crippen molar-refractivity contribution in [3.8, 4) is 11.3 Å². The average Bonchev–Trinajstić information content (AvgIpc) is 2.87. The van der Waals surface area contributed by atoms with Crippen molar-refractivity contribution in [1.29, 1.82) is 0 Å². The van der Waals surface area contributed by atoms with E-state index in [2.05, 4.69) is 26.1 Å². The van der Waals surface area contributed by atoms with Crippen molar-refractivity contribution >= 4 is 37.9 Å². The van der Waals surface area contributed by atoms with Crippen LogP contribution in [0, 0.1) is 0 Å². The van der Waals surface area contributed by atoms with Crippen LogP contribution in [-0.4, -0.2) is 10.2 Å². The highest BCUT2D eigenvalue weighted by atomic mass is 79.9. The van der Waals surface area contributed by atoms with E-state index in [1.807, 2.05) is 36.4 Å². The van der Waals surface area contributed by atoms with Gasteiger partial charge < -0.3 is 4.42 Å². The van der Waals surface area contributed by atoms with Crippen molar-refractivity contribution in [1.82, 2.24) is 10.2 Å². The van der Waals surface area contributed by atoms with Gasteiger partial charge in [0.1, 0.15) is 11.2 Å². The number of fused-ring (bicyclic) bond motifs is 3. The first-order valence-electron chi connectivity index (χ1n) is 6.39. The highest BCUT2D eigenvalue weighted by Gasteiger charge is 2.10. The molecule has 4 rings (SSSR count). The second-order valence-electron chi connectivity index (χ2n) is 4.74. The molecular formula is C16H9BrN2O2. The minimum absolute atomic E-state index is 0.215. The van der Waals surface area contributed by atoms with Crippen molar-refractivity contribution in [2.75, 3.05) is 0 Å². The largest absolute Gasteiger partial charge is 0.455 e. The second kappa shape index (κ2) is 4.56. The molecule has 1 N–H and O–H groups in total. The SMILES string of the molecule is O=c1ccc(-c2ccc3c(c2)oc2c(Br)cccc23)n[nH]1. The number of H-pyrrole nitrogens is 1. The van der Waals surface area contributed by atoms with Gasteiger partial charge in [0.05, 0.1) is 10.2 Å². The molecule has 2 heterocycles. The first kappa shape index (κ1) is 12.3. The van der Waals surface area contributed by atoms with Crippen LogP contribution in [0.4, 0.5) is 0 Å². The molecule has 0 spiro atoms. The zero-order chi connectivity index (χ0) is 14.4. The van der Waals surface area contributed by atoms with Crippen LogP contribution >= 0.6 is 15.9 Å². The molecule has 0 aliphatic carbocycles. The van der Waals surface area contributed by atoms with E-state index in [4.69, 9.17) is 4.42 Å². The zero-order valence-electron chi connectivity index (χ0n) is 10.8. The van der Waals surface area contributed by atoms with E-state index in [0.717, 1.165) is 32.0 Å². The van der Waals surface area contributed by atoms with Gasteiger partial charge >= 0.3 is 0 Å². The van der Waals surface area contributed by atoms with Gasteiger partial charge in [0.15, 0.2) is 0 Å². The fraction of sp³-hybridized carbons (Fsp3) is 0. The Morgan fingerprint density at radius 1 is 1.05 bits per heavy atom. The van der Waals surface area contributed by atoms with E-state index < -0.39 is 0 Å². The topological polar surface area (TPSA) is 58.9 Å². The summed E-state index contributed by atoms with van der Waals surface area (Å²) in [4.78, 5) is 11.1. The number of furan rings is 1. The number of benzene rings is 2. The van der Waals surface area contributed by atoms with Gasteiger partial charge in [-0.25, -0.2) is 5.10 Å². The summed E-state index contributed by atoms with van der Waals surface area (Å²) in [6.45, 7) is 0. The number of hydrogen-bond donors (Lipinski definition) is 1. The van der Waals surface area contributed by atoms with E-state index in [1.54, 1.807) is 6.07 Å². The Hall–Kier alpha value is -2.40. The smallest absolute Gasteiger partial charge is 0.264 e. The van der Waals surface area contributed by atoms with Crippen LogP contribution in [0.3, 0.4) is 0 Å². The maximum atomic E-state index is 11.1. The molecule has 0 atom stereocenters. The number of para-hydroxylation sites is 1.